The van der Waals surface area contributed by atoms with Gasteiger partial charge in [0.05, 0.1) is 16.3 Å². The number of thioether (sulfide) groups is 1. The van der Waals surface area contributed by atoms with Gasteiger partial charge in [-0.25, -0.2) is 9.97 Å². The molecule has 2 aromatic heterocycles. The van der Waals surface area contributed by atoms with Crippen LogP contribution in [0.4, 0.5) is 13.2 Å². The molecule has 19 heavy (non-hydrogen) atoms. The van der Waals surface area contributed by atoms with Gasteiger partial charge in [0.15, 0.2) is 0 Å². The van der Waals surface area contributed by atoms with Gasteiger partial charge in [-0.05, 0) is 24.3 Å². The Labute approximate surface area is 117 Å². The first-order valence-corrected chi connectivity index (χ1v) is 6.59. The normalized spacial score (nSPS) is 11.6. The van der Waals surface area contributed by atoms with Crippen LogP contribution in [0, 0.1) is 0 Å². The Morgan fingerprint density at radius 3 is 2.53 bits per heavy atom. The van der Waals surface area contributed by atoms with Gasteiger partial charge in [-0.15, -0.1) is 11.8 Å². The topological polar surface area (TPSA) is 25.8 Å². The highest BCUT2D eigenvalue weighted by molar-refractivity contribution is 7.98. The zero-order valence-electron chi connectivity index (χ0n) is 9.49. The summed E-state index contributed by atoms with van der Waals surface area (Å²) in [5.74, 6) is 0.499. The van der Waals surface area contributed by atoms with Crippen molar-refractivity contribution in [3.05, 3.63) is 52.9 Å². The number of alkyl halides is 3. The molecule has 2 aromatic rings. The van der Waals surface area contributed by atoms with E-state index in [0.717, 1.165) is 18.0 Å². The molecular formula is C12H8ClF3N2S. The van der Waals surface area contributed by atoms with Gasteiger partial charge < -0.3 is 0 Å². The van der Waals surface area contributed by atoms with Gasteiger partial charge in [-0.3, -0.25) is 0 Å². The van der Waals surface area contributed by atoms with Crippen LogP contribution >= 0.6 is 23.4 Å². The van der Waals surface area contributed by atoms with Crippen molar-refractivity contribution in [2.45, 2.75) is 17.0 Å². The lowest BCUT2D eigenvalue weighted by Gasteiger charge is -2.06. The average Bonchev–Trinajstić information content (AvgIpc) is 2.36. The van der Waals surface area contributed by atoms with Crippen molar-refractivity contribution < 1.29 is 13.2 Å². The summed E-state index contributed by atoms with van der Waals surface area (Å²) < 4.78 is 37.0. The van der Waals surface area contributed by atoms with Crippen LogP contribution in [-0.2, 0) is 11.9 Å². The van der Waals surface area contributed by atoms with Gasteiger partial charge >= 0.3 is 6.18 Å². The minimum absolute atomic E-state index is 0.387. The summed E-state index contributed by atoms with van der Waals surface area (Å²) in [5, 5.41) is 0.897. The van der Waals surface area contributed by atoms with Gasteiger partial charge in [-0.1, -0.05) is 17.7 Å². The van der Waals surface area contributed by atoms with Crippen LogP contribution in [0.3, 0.4) is 0 Å². The van der Waals surface area contributed by atoms with Crippen LogP contribution < -0.4 is 0 Å². The maximum absolute atomic E-state index is 12.3. The molecule has 0 aliphatic heterocycles. The summed E-state index contributed by atoms with van der Waals surface area (Å²) >= 11 is 7.04. The van der Waals surface area contributed by atoms with Gasteiger partial charge in [0.1, 0.15) is 5.15 Å². The molecule has 0 radical (unpaired) electrons. The Bertz CT molecular complexity index is 558. The highest BCUT2D eigenvalue weighted by Crippen LogP contribution is 2.30. The quantitative estimate of drug-likeness (QED) is 0.619. The van der Waals surface area contributed by atoms with Gasteiger partial charge in [-0.2, -0.15) is 13.2 Å². The lowest BCUT2D eigenvalue weighted by atomic mass is 10.3. The molecule has 0 amide bonds. The maximum atomic E-state index is 12.3. The van der Waals surface area contributed by atoms with Gasteiger partial charge in [0.2, 0.25) is 0 Å². The summed E-state index contributed by atoms with van der Waals surface area (Å²) in [6.07, 6.45) is -3.53. The molecule has 0 aliphatic carbocycles. The first-order valence-electron chi connectivity index (χ1n) is 5.22. The van der Waals surface area contributed by atoms with Crippen molar-refractivity contribution in [2.75, 3.05) is 0 Å². The third-order valence-electron chi connectivity index (χ3n) is 2.20. The smallest absolute Gasteiger partial charge is 0.249 e. The van der Waals surface area contributed by atoms with Crippen molar-refractivity contribution in [1.29, 1.82) is 0 Å². The summed E-state index contributed by atoms with van der Waals surface area (Å²) in [7, 11) is 0. The zero-order chi connectivity index (χ0) is 13.9. The molecule has 0 spiro atoms. The van der Waals surface area contributed by atoms with Crippen LogP contribution in [0.5, 0.6) is 0 Å². The van der Waals surface area contributed by atoms with E-state index in [9.17, 15) is 13.2 Å². The van der Waals surface area contributed by atoms with E-state index in [1.54, 1.807) is 18.2 Å². The molecule has 7 heteroatoms. The van der Waals surface area contributed by atoms with Gasteiger partial charge in [0.25, 0.3) is 0 Å². The van der Waals surface area contributed by atoms with Crippen molar-refractivity contribution in [2.24, 2.45) is 0 Å². The van der Waals surface area contributed by atoms with E-state index >= 15 is 0 Å². The van der Waals surface area contributed by atoms with E-state index in [-0.39, 0.29) is 0 Å². The second-order valence-electron chi connectivity index (χ2n) is 3.62. The molecule has 100 valence electrons. The predicted octanol–water partition coefficient (Wildman–Crippen LogP) is 4.44. The number of halogens is 4. The number of hydrogen-bond acceptors (Lipinski definition) is 3. The molecular weight excluding hydrogens is 297 g/mol. The Kier molecular flexibility index (Phi) is 4.31. The lowest BCUT2D eigenvalue weighted by molar-refractivity contribution is -0.137. The van der Waals surface area contributed by atoms with E-state index in [2.05, 4.69) is 9.97 Å². The van der Waals surface area contributed by atoms with Crippen molar-refractivity contribution >= 4 is 23.4 Å². The minimum Gasteiger partial charge on any atom is -0.249 e. The third kappa shape index (κ3) is 4.11. The minimum atomic E-state index is -4.36. The highest BCUT2D eigenvalue weighted by Gasteiger charge is 2.30. The Hall–Kier alpha value is -1.27. The van der Waals surface area contributed by atoms with E-state index in [0.29, 0.717) is 15.9 Å². The highest BCUT2D eigenvalue weighted by atomic mass is 35.5. The fourth-order valence-corrected chi connectivity index (χ4v) is 2.24. The Balaban J connectivity index is 2.01. The molecule has 2 heterocycles. The molecule has 0 N–H and O–H groups in total. The van der Waals surface area contributed by atoms with E-state index in [1.165, 1.54) is 17.8 Å². The number of pyridine rings is 2. The first-order chi connectivity index (χ1) is 8.95. The zero-order valence-corrected chi connectivity index (χ0v) is 11.1. The number of hydrogen-bond donors (Lipinski definition) is 0. The molecule has 2 nitrogen and oxygen atoms in total. The monoisotopic (exact) mass is 304 g/mol. The lowest BCUT2D eigenvalue weighted by Crippen LogP contribution is -2.05. The summed E-state index contributed by atoms with van der Waals surface area (Å²) in [5.41, 5.74) is -0.00284. The van der Waals surface area contributed by atoms with Crippen molar-refractivity contribution in [1.82, 2.24) is 9.97 Å². The fourth-order valence-electron chi connectivity index (χ4n) is 1.31. The summed E-state index contributed by atoms with van der Waals surface area (Å²) in [6.45, 7) is 0. The third-order valence-corrected chi connectivity index (χ3v) is 3.39. The molecule has 0 unspecified atom stereocenters. The molecule has 0 saturated heterocycles. The second-order valence-corrected chi connectivity index (χ2v) is 5.01. The van der Waals surface area contributed by atoms with E-state index in [1.807, 2.05) is 0 Å². The Morgan fingerprint density at radius 1 is 1.16 bits per heavy atom. The standard InChI is InChI=1S/C12H8ClF3N2S/c13-10-3-1-2-9(18-10)7-19-11-5-4-8(6-17-11)12(14,15)16/h1-6H,7H2. The van der Waals surface area contributed by atoms with Crippen LogP contribution in [-0.4, -0.2) is 9.97 Å². The molecule has 0 aliphatic rings. The Morgan fingerprint density at radius 2 is 1.95 bits per heavy atom. The number of rotatable bonds is 3. The summed E-state index contributed by atoms with van der Waals surface area (Å²) in [6, 6.07) is 7.58. The molecule has 0 aromatic carbocycles. The van der Waals surface area contributed by atoms with Crippen molar-refractivity contribution in [3.63, 3.8) is 0 Å². The molecule has 2 rings (SSSR count). The van der Waals surface area contributed by atoms with Crippen molar-refractivity contribution in [3.8, 4) is 0 Å². The SMILES string of the molecule is FC(F)(F)c1ccc(SCc2cccc(Cl)n2)nc1. The number of nitrogens with zero attached hydrogens (tertiary/aromatic N) is 2. The summed E-state index contributed by atoms with van der Waals surface area (Å²) in [4.78, 5) is 7.85. The van der Waals surface area contributed by atoms with Crippen LogP contribution in [0.2, 0.25) is 5.15 Å². The number of aromatic nitrogens is 2. The first kappa shape index (κ1) is 14.1. The predicted molar refractivity (Wildman–Crippen MR) is 68.0 cm³/mol. The van der Waals surface area contributed by atoms with Gasteiger partial charge in [0, 0.05) is 11.9 Å². The fraction of sp³-hybridized carbons (Fsp3) is 0.167. The van der Waals surface area contributed by atoms with Crippen LogP contribution in [0.25, 0.3) is 0 Å². The second kappa shape index (κ2) is 5.79. The molecule has 0 bridgehead atoms. The van der Waals surface area contributed by atoms with Crippen LogP contribution in [0.15, 0.2) is 41.6 Å². The van der Waals surface area contributed by atoms with E-state index in [4.69, 9.17) is 11.6 Å². The van der Waals surface area contributed by atoms with E-state index < -0.39 is 11.7 Å². The van der Waals surface area contributed by atoms with Crippen LogP contribution in [0.1, 0.15) is 11.3 Å². The molecule has 0 fully saturated rings. The molecule has 0 atom stereocenters. The largest absolute Gasteiger partial charge is 0.417 e. The molecule has 0 saturated carbocycles. The maximum Gasteiger partial charge on any atom is 0.417 e. The average molecular weight is 305 g/mol.